The van der Waals surface area contributed by atoms with Crippen molar-refractivity contribution in [1.82, 2.24) is 9.88 Å². The van der Waals surface area contributed by atoms with Gasteiger partial charge in [0.05, 0.1) is 13.2 Å². The second kappa shape index (κ2) is 6.09. The molecule has 0 radical (unpaired) electrons. The number of aromatic nitrogens is 1. The standard InChI is InChI=1S/C21H23N3O2/c25-20(23-19-8-4-7-18(22-19)15-9-10-15)24-11-17-12-26-14-21(17,13-24)16-5-2-1-3-6-16/h1-8,15,17H,9-14H2,(H,22,23,25)/t17-,21+/m1/s1. The molecule has 134 valence electrons. The highest BCUT2D eigenvalue weighted by atomic mass is 16.5. The third-order valence-electron chi connectivity index (χ3n) is 6.01. The van der Waals surface area contributed by atoms with E-state index in [-0.39, 0.29) is 11.4 Å². The number of hydrogen-bond acceptors (Lipinski definition) is 3. The Bertz CT molecular complexity index is 821. The van der Waals surface area contributed by atoms with E-state index in [0.29, 0.717) is 37.4 Å². The van der Waals surface area contributed by atoms with Gasteiger partial charge in [0.25, 0.3) is 0 Å². The van der Waals surface area contributed by atoms with Gasteiger partial charge in [0.1, 0.15) is 5.82 Å². The lowest BCUT2D eigenvalue weighted by Gasteiger charge is -2.27. The zero-order valence-corrected chi connectivity index (χ0v) is 14.7. The molecule has 3 aliphatic rings. The molecule has 2 atom stereocenters. The average Bonchev–Trinajstić information content (AvgIpc) is 3.33. The number of pyridine rings is 1. The van der Waals surface area contributed by atoms with Gasteiger partial charge < -0.3 is 9.64 Å². The normalized spacial score (nSPS) is 27.4. The summed E-state index contributed by atoms with van der Waals surface area (Å²) < 4.78 is 5.79. The maximum Gasteiger partial charge on any atom is 0.323 e. The summed E-state index contributed by atoms with van der Waals surface area (Å²) in [5, 5.41) is 3.00. The van der Waals surface area contributed by atoms with Crippen LogP contribution in [0.25, 0.3) is 0 Å². The van der Waals surface area contributed by atoms with Gasteiger partial charge in [0.15, 0.2) is 0 Å². The molecule has 1 aromatic heterocycles. The Morgan fingerprint density at radius 1 is 1.15 bits per heavy atom. The van der Waals surface area contributed by atoms with Crippen LogP contribution in [0, 0.1) is 5.92 Å². The van der Waals surface area contributed by atoms with Crippen LogP contribution < -0.4 is 5.32 Å². The van der Waals surface area contributed by atoms with E-state index in [4.69, 9.17) is 4.74 Å². The second-order valence-electron chi connectivity index (χ2n) is 7.77. The molecule has 26 heavy (non-hydrogen) atoms. The van der Waals surface area contributed by atoms with Crippen molar-refractivity contribution in [3.63, 3.8) is 0 Å². The molecular weight excluding hydrogens is 326 g/mol. The summed E-state index contributed by atoms with van der Waals surface area (Å²) in [7, 11) is 0. The molecule has 3 heterocycles. The number of amides is 2. The van der Waals surface area contributed by atoms with Crippen LogP contribution in [-0.2, 0) is 10.2 Å². The molecule has 0 unspecified atom stereocenters. The number of urea groups is 1. The van der Waals surface area contributed by atoms with Gasteiger partial charge in [-0.25, -0.2) is 9.78 Å². The Morgan fingerprint density at radius 2 is 2.00 bits per heavy atom. The largest absolute Gasteiger partial charge is 0.380 e. The molecule has 5 rings (SSSR count). The van der Waals surface area contributed by atoms with Crippen molar-refractivity contribution in [3.8, 4) is 0 Å². The lowest BCUT2D eigenvalue weighted by Crippen LogP contribution is -2.38. The van der Waals surface area contributed by atoms with E-state index in [1.807, 2.05) is 23.1 Å². The number of carbonyl (C=O) groups excluding carboxylic acids is 1. The average molecular weight is 349 g/mol. The number of likely N-dealkylation sites (tertiary alicyclic amines) is 1. The molecule has 3 fully saturated rings. The second-order valence-corrected chi connectivity index (χ2v) is 7.77. The number of nitrogens with zero attached hydrogens (tertiary/aromatic N) is 2. The molecule has 1 N–H and O–H groups in total. The van der Waals surface area contributed by atoms with E-state index in [1.165, 1.54) is 18.4 Å². The Morgan fingerprint density at radius 3 is 2.81 bits per heavy atom. The molecule has 0 spiro atoms. The van der Waals surface area contributed by atoms with Crippen molar-refractivity contribution in [1.29, 1.82) is 0 Å². The summed E-state index contributed by atoms with van der Waals surface area (Å²) in [6.45, 7) is 2.81. The lowest BCUT2D eigenvalue weighted by molar-refractivity contribution is 0.152. The molecule has 1 aromatic carbocycles. The van der Waals surface area contributed by atoms with E-state index < -0.39 is 0 Å². The van der Waals surface area contributed by atoms with Gasteiger partial charge >= 0.3 is 6.03 Å². The third kappa shape index (κ3) is 2.67. The van der Waals surface area contributed by atoms with Crippen LogP contribution in [0.3, 0.4) is 0 Å². The van der Waals surface area contributed by atoms with Crippen LogP contribution in [0.2, 0.25) is 0 Å². The summed E-state index contributed by atoms with van der Waals surface area (Å²) in [4.78, 5) is 19.4. The minimum absolute atomic E-state index is 0.0600. The molecule has 5 nitrogen and oxygen atoms in total. The topological polar surface area (TPSA) is 54.5 Å². The van der Waals surface area contributed by atoms with Crippen LogP contribution in [0.4, 0.5) is 10.6 Å². The number of rotatable bonds is 3. The van der Waals surface area contributed by atoms with Crippen LogP contribution in [0.5, 0.6) is 0 Å². The summed E-state index contributed by atoms with van der Waals surface area (Å²) in [6, 6.07) is 16.3. The predicted octanol–water partition coefficient (Wildman–Crippen LogP) is 3.39. The van der Waals surface area contributed by atoms with Crippen molar-refractivity contribution >= 4 is 11.8 Å². The molecule has 0 bridgehead atoms. The fourth-order valence-corrected chi connectivity index (χ4v) is 4.39. The number of benzene rings is 1. The highest BCUT2D eigenvalue weighted by Gasteiger charge is 2.52. The van der Waals surface area contributed by atoms with Crippen LogP contribution >= 0.6 is 0 Å². The first-order chi connectivity index (χ1) is 12.7. The fraction of sp³-hybridized carbons (Fsp3) is 0.429. The molecule has 2 aromatic rings. The van der Waals surface area contributed by atoms with E-state index in [1.54, 1.807) is 0 Å². The van der Waals surface area contributed by atoms with Gasteiger partial charge in [0, 0.05) is 36.0 Å². The van der Waals surface area contributed by atoms with Gasteiger partial charge in [-0.3, -0.25) is 5.32 Å². The van der Waals surface area contributed by atoms with Crippen LogP contribution in [0.15, 0.2) is 48.5 Å². The first-order valence-electron chi connectivity index (χ1n) is 9.41. The van der Waals surface area contributed by atoms with Crippen molar-refractivity contribution in [3.05, 3.63) is 59.8 Å². The number of nitrogens with one attached hydrogen (secondary N) is 1. The van der Waals surface area contributed by atoms with Gasteiger partial charge in [-0.15, -0.1) is 0 Å². The first kappa shape index (κ1) is 15.8. The lowest BCUT2D eigenvalue weighted by atomic mass is 9.75. The molecule has 2 amide bonds. The maximum absolute atomic E-state index is 12.9. The van der Waals surface area contributed by atoms with Crippen molar-refractivity contribution < 1.29 is 9.53 Å². The predicted molar refractivity (Wildman–Crippen MR) is 99.2 cm³/mol. The number of hydrogen-bond donors (Lipinski definition) is 1. The molecule has 2 saturated heterocycles. The van der Waals surface area contributed by atoms with Crippen molar-refractivity contribution in [2.24, 2.45) is 5.92 Å². The minimum atomic E-state index is -0.0815. The van der Waals surface area contributed by atoms with E-state index in [2.05, 4.69) is 40.6 Å². The summed E-state index contributed by atoms with van der Waals surface area (Å²) in [5.74, 6) is 1.58. The number of anilines is 1. The molecule has 5 heteroatoms. The summed E-state index contributed by atoms with van der Waals surface area (Å²) >= 11 is 0. The number of fused-ring (bicyclic) bond motifs is 1. The zero-order valence-electron chi connectivity index (χ0n) is 14.7. The van der Waals surface area contributed by atoms with E-state index in [0.717, 1.165) is 12.2 Å². The first-order valence-corrected chi connectivity index (χ1v) is 9.41. The van der Waals surface area contributed by atoms with Gasteiger partial charge in [-0.05, 0) is 30.5 Å². The monoisotopic (exact) mass is 349 g/mol. The smallest absolute Gasteiger partial charge is 0.323 e. The van der Waals surface area contributed by atoms with Gasteiger partial charge in [-0.1, -0.05) is 36.4 Å². The Labute approximate surface area is 153 Å². The molecule has 2 aliphatic heterocycles. The zero-order chi connectivity index (χ0) is 17.6. The van der Waals surface area contributed by atoms with Gasteiger partial charge in [-0.2, -0.15) is 0 Å². The molecule has 1 aliphatic carbocycles. The number of ether oxygens (including phenoxy) is 1. The molecule has 1 saturated carbocycles. The highest BCUT2D eigenvalue weighted by Crippen LogP contribution is 2.44. The van der Waals surface area contributed by atoms with Crippen LogP contribution in [-0.4, -0.2) is 42.2 Å². The molecular formula is C21H23N3O2. The summed E-state index contributed by atoms with van der Waals surface area (Å²) in [5.41, 5.74) is 2.28. The quantitative estimate of drug-likeness (QED) is 0.924. The Kier molecular flexibility index (Phi) is 3.71. The minimum Gasteiger partial charge on any atom is -0.380 e. The van der Waals surface area contributed by atoms with Crippen molar-refractivity contribution in [2.45, 2.75) is 24.2 Å². The van der Waals surface area contributed by atoms with Crippen molar-refractivity contribution in [2.75, 3.05) is 31.6 Å². The van der Waals surface area contributed by atoms with Crippen LogP contribution in [0.1, 0.15) is 30.0 Å². The number of carbonyl (C=O) groups is 1. The third-order valence-corrected chi connectivity index (χ3v) is 6.01. The Hall–Kier alpha value is -2.40. The SMILES string of the molecule is O=C(Nc1cccc(C2CC2)n1)N1C[C@@H]2COC[C@]2(c2ccccc2)C1. The highest BCUT2D eigenvalue weighted by molar-refractivity contribution is 5.88. The maximum atomic E-state index is 12.9. The Balaban J connectivity index is 1.33. The fourth-order valence-electron chi connectivity index (χ4n) is 4.39. The van der Waals surface area contributed by atoms with E-state index >= 15 is 0 Å². The summed E-state index contributed by atoms with van der Waals surface area (Å²) in [6.07, 6.45) is 2.41. The van der Waals surface area contributed by atoms with E-state index in [9.17, 15) is 4.79 Å². The van der Waals surface area contributed by atoms with Gasteiger partial charge in [0.2, 0.25) is 0 Å².